The minimum absolute atomic E-state index is 0.0654. The van der Waals surface area contributed by atoms with Gasteiger partial charge in [0.2, 0.25) is 5.91 Å². The van der Waals surface area contributed by atoms with Crippen molar-refractivity contribution in [1.82, 2.24) is 0 Å². The first-order chi connectivity index (χ1) is 7.16. The number of anilines is 1. The Kier molecular flexibility index (Phi) is 2.41. The lowest BCUT2D eigenvalue weighted by molar-refractivity contribution is -0.118. The average Bonchev–Trinajstić information content (AvgIpc) is 2.16. The molecule has 1 heterocycles. The molecule has 1 unspecified atom stereocenters. The number of primary amides is 1. The number of nitrogens with two attached hydrogens (primary N) is 1. The van der Waals surface area contributed by atoms with Crippen molar-refractivity contribution in [3.05, 3.63) is 29.8 Å². The quantitative estimate of drug-likeness (QED) is 0.752. The smallest absolute Gasteiger partial charge is 0.219 e. The Bertz CT molecular complexity index is 415. The van der Waals surface area contributed by atoms with Gasteiger partial charge in [-0.15, -0.1) is 0 Å². The van der Waals surface area contributed by atoms with Crippen LogP contribution in [0.3, 0.4) is 0 Å². The van der Waals surface area contributed by atoms with E-state index in [1.807, 2.05) is 18.2 Å². The number of fused-ring (bicyclic) bond motifs is 1. The number of nitrogens with one attached hydrogen (secondary N) is 1. The topological polar surface area (TPSA) is 72.2 Å². The number of carbonyl (C=O) groups is 2. The molecule has 1 aliphatic rings. The highest BCUT2D eigenvalue weighted by Crippen LogP contribution is 2.25. The monoisotopic (exact) mass is 204 g/mol. The van der Waals surface area contributed by atoms with Crippen molar-refractivity contribution in [2.24, 2.45) is 5.73 Å². The number of para-hydroxylation sites is 1. The molecule has 0 bridgehead atoms. The van der Waals surface area contributed by atoms with Gasteiger partial charge in [-0.25, -0.2) is 0 Å². The Morgan fingerprint density at radius 1 is 1.47 bits per heavy atom. The normalized spacial score (nSPS) is 19.2. The van der Waals surface area contributed by atoms with Crippen molar-refractivity contribution in [3.8, 4) is 0 Å². The Morgan fingerprint density at radius 3 is 2.93 bits per heavy atom. The lowest BCUT2D eigenvalue weighted by atomic mass is 9.95. The van der Waals surface area contributed by atoms with E-state index in [9.17, 15) is 9.59 Å². The van der Waals surface area contributed by atoms with Crippen LogP contribution in [-0.2, 0) is 4.79 Å². The molecule has 2 rings (SSSR count). The van der Waals surface area contributed by atoms with E-state index in [1.165, 1.54) is 0 Å². The van der Waals surface area contributed by atoms with Crippen LogP contribution in [0.5, 0.6) is 0 Å². The van der Waals surface area contributed by atoms with Crippen molar-refractivity contribution < 1.29 is 9.59 Å². The number of hydrogen-bond donors (Lipinski definition) is 2. The van der Waals surface area contributed by atoms with Crippen LogP contribution >= 0.6 is 0 Å². The molecule has 3 N–H and O–H groups in total. The first-order valence-electron chi connectivity index (χ1n) is 4.84. The molecule has 4 heteroatoms. The van der Waals surface area contributed by atoms with Gasteiger partial charge in [0.25, 0.3) is 0 Å². The molecule has 0 fully saturated rings. The van der Waals surface area contributed by atoms with Gasteiger partial charge in [-0.1, -0.05) is 12.1 Å². The van der Waals surface area contributed by atoms with E-state index in [2.05, 4.69) is 5.32 Å². The van der Waals surface area contributed by atoms with Crippen molar-refractivity contribution in [1.29, 1.82) is 0 Å². The number of hydrogen-bond acceptors (Lipinski definition) is 3. The third-order valence-corrected chi connectivity index (χ3v) is 2.47. The molecule has 1 amide bonds. The van der Waals surface area contributed by atoms with E-state index in [4.69, 9.17) is 5.73 Å². The minimum atomic E-state index is -0.389. The summed E-state index contributed by atoms with van der Waals surface area (Å²) in [6.45, 7) is 0. The van der Waals surface area contributed by atoms with Gasteiger partial charge in [0.1, 0.15) is 0 Å². The lowest BCUT2D eigenvalue weighted by Crippen LogP contribution is -2.33. The number of carbonyl (C=O) groups excluding carboxylic acids is 2. The second-order valence-electron chi connectivity index (χ2n) is 3.68. The molecule has 0 radical (unpaired) electrons. The van der Waals surface area contributed by atoms with E-state index < -0.39 is 0 Å². The molecule has 15 heavy (non-hydrogen) atoms. The zero-order chi connectivity index (χ0) is 10.8. The van der Waals surface area contributed by atoms with E-state index >= 15 is 0 Å². The zero-order valence-electron chi connectivity index (χ0n) is 8.19. The van der Waals surface area contributed by atoms with Crippen LogP contribution in [0, 0.1) is 0 Å². The SMILES string of the molecule is NC(=O)CC1CC(=O)c2ccccc2N1. The summed E-state index contributed by atoms with van der Waals surface area (Å²) in [4.78, 5) is 22.4. The van der Waals surface area contributed by atoms with Crippen molar-refractivity contribution in [2.45, 2.75) is 18.9 Å². The Balaban J connectivity index is 2.23. The maximum Gasteiger partial charge on any atom is 0.219 e. The number of benzene rings is 1. The standard InChI is InChI=1S/C11H12N2O2/c12-11(15)6-7-5-10(14)8-3-1-2-4-9(8)13-7/h1-4,7,13H,5-6H2,(H2,12,15). The van der Waals surface area contributed by atoms with Crippen LogP contribution in [-0.4, -0.2) is 17.7 Å². The predicted octanol–water partition coefficient (Wildman–Crippen LogP) is 0.929. The summed E-state index contributed by atoms with van der Waals surface area (Å²) in [6.07, 6.45) is 0.528. The fraction of sp³-hybridized carbons (Fsp3) is 0.273. The highest BCUT2D eigenvalue weighted by atomic mass is 16.1. The molecule has 1 aromatic rings. The lowest BCUT2D eigenvalue weighted by Gasteiger charge is -2.24. The maximum atomic E-state index is 11.7. The number of ketones is 1. The molecule has 0 saturated heterocycles. The van der Waals surface area contributed by atoms with Gasteiger partial charge in [0, 0.05) is 30.1 Å². The summed E-state index contributed by atoms with van der Waals surface area (Å²) in [6, 6.07) is 7.13. The second kappa shape index (κ2) is 3.73. The van der Waals surface area contributed by atoms with Gasteiger partial charge < -0.3 is 11.1 Å². The van der Waals surface area contributed by atoms with E-state index in [-0.39, 0.29) is 24.2 Å². The summed E-state index contributed by atoms with van der Waals surface area (Å²) in [5.41, 5.74) is 6.58. The van der Waals surface area contributed by atoms with E-state index in [1.54, 1.807) is 6.07 Å². The van der Waals surface area contributed by atoms with Crippen LogP contribution < -0.4 is 11.1 Å². The molecule has 1 atom stereocenters. The Hall–Kier alpha value is -1.84. The third kappa shape index (κ3) is 1.98. The molecule has 78 valence electrons. The molecular weight excluding hydrogens is 192 g/mol. The summed E-state index contributed by atoms with van der Waals surface area (Å²) in [5, 5.41) is 3.14. The van der Waals surface area contributed by atoms with Crippen LogP contribution in [0.4, 0.5) is 5.69 Å². The third-order valence-electron chi connectivity index (χ3n) is 2.47. The van der Waals surface area contributed by atoms with Crippen LogP contribution in [0.1, 0.15) is 23.2 Å². The van der Waals surface area contributed by atoms with Gasteiger partial charge in [0.15, 0.2) is 5.78 Å². The molecule has 0 saturated carbocycles. The van der Waals surface area contributed by atoms with E-state index in [0.717, 1.165) is 5.69 Å². The first kappa shape index (κ1) is 9.71. The predicted molar refractivity (Wildman–Crippen MR) is 56.6 cm³/mol. The first-order valence-corrected chi connectivity index (χ1v) is 4.84. The molecular formula is C11H12N2O2. The van der Waals surface area contributed by atoms with Crippen LogP contribution in [0.25, 0.3) is 0 Å². The summed E-state index contributed by atoms with van der Waals surface area (Å²) in [5.74, 6) is -0.324. The zero-order valence-corrected chi connectivity index (χ0v) is 8.19. The van der Waals surface area contributed by atoms with Gasteiger partial charge in [-0.3, -0.25) is 9.59 Å². The fourth-order valence-corrected chi connectivity index (χ4v) is 1.82. The summed E-state index contributed by atoms with van der Waals surface area (Å²) in [7, 11) is 0. The number of amides is 1. The molecule has 1 aliphatic heterocycles. The molecule has 4 nitrogen and oxygen atoms in total. The highest BCUT2D eigenvalue weighted by molar-refractivity contribution is 6.03. The van der Waals surface area contributed by atoms with Crippen molar-refractivity contribution in [2.75, 3.05) is 5.32 Å². The van der Waals surface area contributed by atoms with Crippen molar-refractivity contribution >= 4 is 17.4 Å². The summed E-state index contributed by atoms with van der Waals surface area (Å²) >= 11 is 0. The minimum Gasteiger partial charge on any atom is -0.381 e. The van der Waals surface area contributed by atoms with Gasteiger partial charge in [-0.05, 0) is 12.1 Å². The van der Waals surface area contributed by atoms with E-state index in [0.29, 0.717) is 12.0 Å². The van der Waals surface area contributed by atoms with Crippen molar-refractivity contribution in [3.63, 3.8) is 0 Å². The highest BCUT2D eigenvalue weighted by Gasteiger charge is 2.24. The van der Waals surface area contributed by atoms with Gasteiger partial charge >= 0.3 is 0 Å². The molecule has 0 aromatic heterocycles. The molecule has 0 spiro atoms. The summed E-state index contributed by atoms with van der Waals surface area (Å²) < 4.78 is 0. The van der Waals surface area contributed by atoms with Crippen LogP contribution in [0.2, 0.25) is 0 Å². The Morgan fingerprint density at radius 2 is 2.20 bits per heavy atom. The number of Topliss-reactive ketones (excluding diaryl/α,β-unsaturated/α-hetero) is 1. The maximum absolute atomic E-state index is 11.7. The fourth-order valence-electron chi connectivity index (χ4n) is 1.82. The van der Waals surface area contributed by atoms with Crippen LogP contribution in [0.15, 0.2) is 24.3 Å². The molecule has 1 aromatic carbocycles. The molecule has 0 aliphatic carbocycles. The second-order valence-corrected chi connectivity index (χ2v) is 3.68. The number of rotatable bonds is 2. The average molecular weight is 204 g/mol. The van der Waals surface area contributed by atoms with Gasteiger partial charge in [-0.2, -0.15) is 0 Å². The largest absolute Gasteiger partial charge is 0.381 e. The Labute approximate surface area is 87.5 Å². The van der Waals surface area contributed by atoms with Gasteiger partial charge in [0.05, 0.1) is 0 Å².